The van der Waals surface area contributed by atoms with Gasteiger partial charge in [-0.25, -0.2) is 8.42 Å². The molecule has 1 aromatic carbocycles. The van der Waals surface area contributed by atoms with Gasteiger partial charge in [-0.05, 0) is 43.3 Å². The van der Waals surface area contributed by atoms with Crippen LogP contribution < -0.4 is 5.32 Å². The van der Waals surface area contributed by atoms with E-state index in [2.05, 4.69) is 10.3 Å². The van der Waals surface area contributed by atoms with Crippen molar-refractivity contribution in [3.05, 3.63) is 47.3 Å². The van der Waals surface area contributed by atoms with Gasteiger partial charge in [-0.2, -0.15) is 4.98 Å². The van der Waals surface area contributed by atoms with Gasteiger partial charge in [0.15, 0.2) is 0 Å². The minimum absolute atomic E-state index is 0.0401. The van der Waals surface area contributed by atoms with Crippen molar-refractivity contribution in [3.63, 3.8) is 0 Å². The molecule has 0 bridgehead atoms. The van der Waals surface area contributed by atoms with Crippen molar-refractivity contribution in [2.75, 3.05) is 5.32 Å². The molecule has 24 heavy (non-hydrogen) atoms. The molecule has 2 heterocycles. The lowest BCUT2D eigenvalue weighted by molar-refractivity contribution is 0.577. The largest absolute Gasteiger partial charge is 0.418 e. The summed E-state index contributed by atoms with van der Waals surface area (Å²) in [6, 6.07) is 10.8. The molecule has 0 saturated heterocycles. The van der Waals surface area contributed by atoms with Crippen LogP contribution in [0.15, 0.2) is 56.1 Å². The summed E-state index contributed by atoms with van der Waals surface area (Å²) in [4.78, 5) is 5.32. The molecule has 1 fully saturated rings. The molecule has 0 aliphatic heterocycles. The van der Waals surface area contributed by atoms with Gasteiger partial charge < -0.3 is 9.73 Å². The number of nitrogens with one attached hydrogen (secondary N) is 1. The number of aromatic nitrogens is 1. The molecule has 1 aliphatic carbocycles. The maximum absolute atomic E-state index is 13.0. The van der Waals surface area contributed by atoms with E-state index < -0.39 is 9.84 Å². The fourth-order valence-corrected chi connectivity index (χ4v) is 4.24. The van der Waals surface area contributed by atoms with E-state index in [1.165, 1.54) is 11.3 Å². The Morgan fingerprint density at radius 2 is 1.96 bits per heavy atom. The second-order valence-corrected chi connectivity index (χ2v) is 8.68. The third-order valence-corrected chi connectivity index (χ3v) is 6.36. The van der Waals surface area contributed by atoms with Crippen LogP contribution in [-0.4, -0.2) is 19.4 Å². The fourth-order valence-electron chi connectivity index (χ4n) is 2.33. The zero-order chi connectivity index (χ0) is 16.7. The molecule has 5 nitrogen and oxygen atoms in total. The second kappa shape index (κ2) is 5.75. The van der Waals surface area contributed by atoms with Crippen molar-refractivity contribution in [2.24, 2.45) is 0 Å². The highest BCUT2D eigenvalue weighted by atomic mass is 32.2. The molecule has 3 aromatic rings. The number of anilines is 1. The van der Waals surface area contributed by atoms with Crippen molar-refractivity contribution in [3.8, 4) is 10.8 Å². The predicted octanol–water partition coefficient (Wildman–Crippen LogP) is 4.12. The summed E-state index contributed by atoms with van der Waals surface area (Å²) >= 11 is 1.46. The van der Waals surface area contributed by atoms with E-state index in [0.717, 1.165) is 23.3 Å². The normalized spacial score (nSPS) is 14.7. The number of thiophene rings is 1. The Kier molecular flexibility index (Phi) is 3.69. The first-order chi connectivity index (χ1) is 11.5. The summed E-state index contributed by atoms with van der Waals surface area (Å²) in [5, 5.41) is 5.01. The molecule has 1 aliphatic rings. The van der Waals surface area contributed by atoms with E-state index in [9.17, 15) is 8.42 Å². The van der Waals surface area contributed by atoms with Crippen LogP contribution in [0, 0.1) is 6.92 Å². The van der Waals surface area contributed by atoms with Gasteiger partial charge in [0.2, 0.25) is 26.6 Å². The molecule has 0 atom stereocenters. The Bertz CT molecular complexity index is 954. The topological polar surface area (TPSA) is 72.2 Å². The highest BCUT2D eigenvalue weighted by molar-refractivity contribution is 7.91. The smallest absolute Gasteiger partial charge is 0.240 e. The number of sulfone groups is 1. The number of hydrogen-bond acceptors (Lipinski definition) is 6. The molecule has 0 amide bonds. The van der Waals surface area contributed by atoms with Crippen molar-refractivity contribution < 1.29 is 12.8 Å². The molecule has 0 unspecified atom stereocenters. The number of benzene rings is 1. The summed E-state index contributed by atoms with van der Waals surface area (Å²) in [5.41, 5.74) is 1.00. The van der Waals surface area contributed by atoms with E-state index in [1.54, 1.807) is 24.3 Å². The van der Waals surface area contributed by atoms with Crippen molar-refractivity contribution in [1.82, 2.24) is 4.98 Å². The van der Waals surface area contributed by atoms with Gasteiger partial charge in [0, 0.05) is 6.04 Å². The van der Waals surface area contributed by atoms with E-state index in [4.69, 9.17) is 4.42 Å². The predicted molar refractivity (Wildman–Crippen MR) is 93.1 cm³/mol. The quantitative estimate of drug-likeness (QED) is 0.741. The maximum Gasteiger partial charge on any atom is 0.240 e. The Hall–Kier alpha value is -2.12. The van der Waals surface area contributed by atoms with Gasteiger partial charge in [0.05, 0.1) is 9.77 Å². The van der Waals surface area contributed by atoms with Gasteiger partial charge in [-0.15, -0.1) is 11.3 Å². The van der Waals surface area contributed by atoms with Crippen LogP contribution in [0.4, 0.5) is 5.88 Å². The zero-order valence-electron chi connectivity index (χ0n) is 13.0. The van der Waals surface area contributed by atoms with Crippen molar-refractivity contribution in [2.45, 2.75) is 35.7 Å². The Labute approximate surface area is 144 Å². The molecule has 2 aromatic heterocycles. The van der Waals surface area contributed by atoms with Crippen LogP contribution in [0.2, 0.25) is 0 Å². The molecule has 7 heteroatoms. The lowest BCUT2D eigenvalue weighted by Crippen LogP contribution is -2.08. The lowest BCUT2D eigenvalue weighted by Gasteiger charge is -2.05. The van der Waals surface area contributed by atoms with Gasteiger partial charge in [-0.1, -0.05) is 23.8 Å². The van der Waals surface area contributed by atoms with Gasteiger partial charge >= 0.3 is 0 Å². The lowest BCUT2D eigenvalue weighted by atomic mass is 10.2. The van der Waals surface area contributed by atoms with E-state index in [-0.39, 0.29) is 21.8 Å². The van der Waals surface area contributed by atoms with E-state index in [1.807, 2.05) is 24.4 Å². The zero-order valence-corrected chi connectivity index (χ0v) is 14.7. The number of rotatable bonds is 5. The highest BCUT2D eigenvalue weighted by Crippen LogP contribution is 2.36. The Morgan fingerprint density at radius 3 is 2.58 bits per heavy atom. The van der Waals surface area contributed by atoms with E-state index >= 15 is 0 Å². The fraction of sp³-hybridized carbons (Fsp3) is 0.235. The molecular weight excluding hydrogens is 344 g/mol. The van der Waals surface area contributed by atoms with Crippen LogP contribution in [0.25, 0.3) is 10.8 Å². The Morgan fingerprint density at radius 1 is 1.21 bits per heavy atom. The van der Waals surface area contributed by atoms with Crippen molar-refractivity contribution in [1.29, 1.82) is 0 Å². The van der Waals surface area contributed by atoms with Gasteiger partial charge in [-0.3, -0.25) is 0 Å². The third-order valence-electron chi connectivity index (χ3n) is 3.83. The van der Waals surface area contributed by atoms with Gasteiger partial charge in [0.25, 0.3) is 0 Å². The number of oxazole rings is 1. The highest BCUT2D eigenvalue weighted by Gasteiger charge is 2.32. The first-order valence-corrected chi connectivity index (χ1v) is 10.0. The van der Waals surface area contributed by atoms with Gasteiger partial charge in [0.1, 0.15) is 0 Å². The van der Waals surface area contributed by atoms with Crippen LogP contribution in [0.3, 0.4) is 0 Å². The molecule has 4 rings (SSSR count). The average Bonchev–Trinajstić information content (AvgIpc) is 3.04. The first-order valence-electron chi connectivity index (χ1n) is 7.67. The number of nitrogens with zero attached hydrogens (tertiary/aromatic N) is 1. The molecule has 1 N–H and O–H groups in total. The number of hydrogen-bond donors (Lipinski definition) is 1. The minimum atomic E-state index is -3.74. The van der Waals surface area contributed by atoms with Crippen LogP contribution >= 0.6 is 11.3 Å². The molecule has 0 spiro atoms. The maximum atomic E-state index is 13.0. The summed E-state index contributed by atoms with van der Waals surface area (Å²) in [7, 11) is -3.74. The van der Waals surface area contributed by atoms with Crippen LogP contribution in [0.1, 0.15) is 18.4 Å². The molecular formula is C17H16N2O3S2. The van der Waals surface area contributed by atoms with Crippen LogP contribution in [-0.2, 0) is 9.84 Å². The minimum Gasteiger partial charge on any atom is -0.418 e. The monoisotopic (exact) mass is 360 g/mol. The first kappa shape index (κ1) is 15.4. The molecule has 0 radical (unpaired) electrons. The number of aryl methyl sites for hydroxylation is 1. The second-order valence-electron chi connectivity index (χ2n) is 5.87. The molecule has 124 valence electrons. The summed E-state index contributed by atoms with van der Waals surface area (Å²) in [6.07, 6.45) is 2.03. The Balaban J connectivity index is 1.81. The van der Waals surface area contributed by atoms with Crippen molar-refractivity contribution >= 4 is 27.1 Å². The summed E-state index contributed by atoms with van der Waals surface area (Å²) in [6.45, 7) is 1.92. The summed E-state index contributed by atoms with van der Waals surface area (Å²) < 4.78 is 31.7. The summed E-state index contributed by atoms with van der Waals surface area (Å²) in [5.74, 6) is 0.570. The van der Waals surface area contributed by atoms with E-state index in [0.29, 0.717) is 5.89 Å². The standard InChI is InChI=1S/C17H16N2O3S2/c1-11-4-8-13(9-5-11)24(20,21)17-16(18-12-6-7-12)22-15(19-17)14-3-2-10-23-14/h2-5,8-10,12,18H,6-7H2,1H3. The SMILES string of the molecule is Cc1ccc(S(=O)(=O)c2nc(-c3cccs3)oc2NC2CC2)cc1. The average molecular weight is 360 g/mol. The van der Waals surface area contributed by atoms with Crippen LogP contribution in [0.5, 0.6) is 0 Å². The molecule has 1 saturated carbocycles. The third kappa shape index (κ3) is 2.85.